The highest BCUT2D eigenvalue weighted by Crippen LogP contribution is 2.43. The average Bonchev–Trinajstić information content (AvgIpc) is 2.49. The molecule has 0 spiro atoms. The highest BCUT2D eigenvalue weighted by Gasteiger charge is 2.65. The fraction of sp³-hybridized carbons (Fsp3) is 1.00. The lowest BCUT2D eigenvalue weighted by Crippen LogP contribution is -2.77. The quantitative estimate of drug-likeness (QED) is 0.523. The van der Waals surface area contributed by atoms with E-state index in [0.29, 0.717) is 0 Å². The summed E-state index contributed by atoms with van der Waals surface area (Å²) in [6, 6.07) is 0. The van der Waals surface area contributed by atoms with Gasteiger partial charge in [0.15, 0.2) is 0 Å². The van der Waals surface area contributed by atoms with Gasteiger partial charge in [-0.3, -0.25) is 8.97 Å². The minimum Gasteiger partial charge on any atom is -0.255 e. The molecule has 4 aliphatic heterocycles. The summed E-state index contributed by atoms with van der Waals surface area (Å²) < 4.78 is 2.97. The second-order valence-corrected chi connectivity index (χ2v) is 6.22. The van der Waals surface area contributed by atoms with Gasteiger partial charge in [-0.2, -0.15) is 0 Å². The molecule has 0 aromatic carbocycles. The van der Waals surface area contributed by atoms with Gasteiger partial charge in [-0.1, -0.05) is 0 Å². The second kappa shape index (κ2) is 2.76. The first-order chi connectivity index (χ1) is 7.35. The van der Waals surface area contributed by atoms with Crippen LogP contribution in [0.15, 0.2) is 0 Å². The van der Waals surface area contributed by atoms with Crippen molar-refractivity contribution in [2.24, 2.45) is 0 Å². The molecule has 2 bridgehead atoms. The summed E-state index contributed by atoms with van der Waals surface area (Å²) in [7, 11) is 0. The molecule has 0 aromatic rings. The zero-order valence-corrected chi connectivity index (χ0v) is 9.70. The third-order valence-electron chi connectivity index (χ3n) is 5.60. The fourth-order valence-electron chi connectivity index (χ4n) is 5.20. The first-order valence-electron chi connectivity index (χ1n) is 6.80. The molecule has 4 saturated heterocycles. The maximum Gasteiger partial charge on any atom is 0.280 e. The highest BCUT2D eigenvalue weighted by molar-refractivity contribution is 4.77. The Morgan fingerprint density at radius 1 is 0.667 bits per heavy atom. The van der Waals surface area contributed by atoms with Crippen LogP contribution in [-0.4, -0.2) is 72.5 Å². The van der Waals surface area contributed by atoms with Crippen LogP contribution in [0.25, 0.3) is 0 Å². The lowest BCUT2D eigenvalue weighted by molar-refractivity contribution is -1.12. The maximum absolute atomic E-state index is 2.85. The minimum absolute atomic E-state index is 0.904. The Labute approximate surface area is 92.4 Å². The summed E-state index contributed by atoms with van der Waals surface area (Å²) in [6.45, 7) is 11.7. The van der Waals surface area contributed by atoms with Crippen molar-refractivity contribution in [1.29, 1.82) is 0 Å². The number of nitrogens with zero attached hydrogens (tertiary/aromatic N) is 3. The van der Waals surface area contributed by atoms with Gasteiger partial charge in [-0.25, -0.2) is 4.90 Å². The van der Waals surface area contributed by atoms with Crippen LogP contribution < -0.4 is 0 Å². The number of quaternary nitrogens is 2. The molecule has 3 heteroatoms. The Morgan fingerprint density at radius 3 is 1.80 bits per heavy atom. The normalized spacial score (nSPS) is 54.0. The van der Waals surface area contributed by atoms with Crippen molar-refractivity contribution in [3.8, 4) is 0 Å². The molecule has 15 heavy (non-hydrogen) atoms. The molecule has 2 atom stereocenters. The monoisotopic (exact) mass is 209 g/mol. The summed E-state index contributed by atoms with van der Waals surface area (Å²) in [5, 5.41) is 0. The molecular weight excluding hydrogens is 186 g/mol. The maximum atomic E-state index is 2.85. The largest absolute Gasteiger partial charge is 0.280 e. The van der Waals surface area contributed by atoms with Crippen LogP contribution in [-0.2, 0) is 0 Å². The first kappa shape index (κ1) is 8.97. The van der Waals surface area contributed by atoms with Crippen molar-refractivity contribution in [2.75, 3.05) is 52.4 Å². The van der Waals surface area contributed by atoms with Crippen LogP contribution in [0.5, 0.6) is 0 Å². The SMILES string of the molecule is C1CN2CCC[N+]34CCC[N+](C1)(CC3)C24. The molecule has 4 heterocycles. The topological polar surface area (TPSA) is 3.24 Å². The standard InChI is InChI=1S/C12H23N3/c1-4-13-5-2-7-15-9-3-8-14(6-1,10-11-15)12(13)15/h12H,1-11H2/q+2. The highest BCUT2D eigenvalue weighted by atomic mass is 15.7. The zero-order chi connectivity index (χ0) is 9.93. The molecule has 0 aromatic heterocycles. The van der Waals surface area contributed by atoms with E-state index < -0.39 is 0 Å². The summed E-state index contributed by atoms with van der Waals surface area (Å²) >= 11 is 0. The van der Waals surface area contributed by atoms with Gasteiger partial charge in [-0.05, 0) is 0 Å². The predicted octanol–water partition coefficient (Wildman–Crippen LogP) is 0.430. The van der Waals surface area contributed by atoms with Crippen molar-refractivity contribution in [3.05, 3.63) is 0 Å². The predicted molar refractivity (Wildman–Crippen MR) is 58.9 cm³/mol. The van der Waals surface area contributed by atoms with Crippen molar-refractivity contribution < 1.29 is 8.97 Å². The van der Waals surface area contributed by atoms with E-state index in [1.165, 1.54) is 80.6 Å². The van der Waals surface area contributed by atoms with Crippen LogP contribution in [0.3, 0.4) is 0 Å². The number of hydrogen-bond acceptors (Lipinski definition) is 1. The van der Waals surface area contributed by atoms with E-state index in [4.69, 9.17) is 0 Å². The fourth-order valence-corrected chi connectivity index (χ4v) is 5.20. The third kappa shape index (κ3) is 0.973. The Balaban J connectivity index is 1.81. The molecule has 84 valence electrons. The van der Waals surface area contributed by atoms with Gasteiger partial charge in [0, 0.05) is 32.4 Å². The smallest absolute Gasteiger partial charge is 0.255 e. The van der Waals surface area contributed by atoms with Gasteiger partial charge in [0.1, 0.15) is 13.1 Å². The Kier molecular flexibility index (Phi) is 1.65. The molecule has 4 aliphatic rings. The molecule has 0 saturated carbocycles. The molecule has 3 nitrogen and oxygen atoms in total. The van der Waals surface area contributed by atoms with Crippen LogP contribution in [0.2, 0.25) is 0 Å². The van der Waals surface area contributed by atoms with Crippen LogP contribution in [0, 0.1) is 0 Å². The molecule has 0 aliphatic carbocycles. The third-order valence-corrected chi connectivity index (χ3v) is 5.60. The summed E-state index contributed by atoms with van der Waals surface area (Å²) in [6.07, 6.45) is 5.30. The van der Waals surface area contributed by atoms with E-state index in [-0.39, 0.29) is 0 Å². The number of rotatable bonds is 0. The lowest BCUT2D eigenvalue weighted by Gasteiger charge is -2.56. The number of hydrogen-bond donors (Lipinski definition) is 0. The van der Waals surface area contributed by atoms with Gasteiger partial charge in [0.2, 0.25) is 0 Å². The van der Waals surface area contributed by atoms with Crippen LogP contribution in [0.1, 0.15) is 19.3 Å². The summed E-state index contributed by atoms with van der Waals surface area (Å²) in [5.74, 6) is 0. The van der Waals surface area contributed by atoms with E-state index in [1.807, 2.05) is 0 Å². The van der Waals surface area contributed by atoms with Crippen molar-refractivity contribution in [1.82, 2.24) is 4.90 Å². The van der Waals surface area contributed by atoms with Gasteiger partial charge < -0.3 is 0 Å². The Bertz CT molecular complexity index is 259. The van der Waals surface area contributed by atoms with E-state index >= 15 is 0 Å². The van der Waals surface area contributed by atoms with Crippen molar-refractivity contribution in [3.63, 3.8) is 0 Å². The molecule has 0 radical (unpaired) electrons. The lowest BCUT2D eigenvalue weighted by atomic mass is 10.1. The van der Waals surface area contributed by atoms with Gasteiger partial charge in [0.25, 0.3) is 6.29 Å². The molecule has 2 unspecified atom stereocenters. The van der Waals surface area contributed by atoms with E-state index in [2.05, 4.69) is 4.90 Å². The van der Waals surface area contributed by atoms with Crippen molar-refractivity contribution >= 4 is 0 Å². The van der Waals surface area contributed by atoms with E-state index in [1.54, 1.807) is 0 Å². The Morgan fingerprint density at radius 2 is 1.20 bits per heavy atom. The van der Waals surface area contributed by atoms with Crippen molar-refractivity contribution in [2.45, 2.75) is 25.6 Å². The van der Waals surface area contributed by atoms with E-state index in [0.717, 1.165) is 6.29 Å². The van der Waals surface area contributed by atoms with Gasteiger partial charge in [0.05, 0.1) is 26.2 Å². The van der Waals surface area contributed by atoms with Gasteiger partial charge >= 0.3 is 0 Å². The molecule has 4 rings (SSSR count). The second-order valence-electron chi connectivity index (χ2n) is 6.22. The molecule has 4 fully saturated rings. The minimum atomic E-state index is 0.904. The summed E-state index contributed by atoms with van der Waals surface area (Å²) in [5.41, 5.74) is 0. The summed E-state index contributed by atoms with van der Waals surface area (Å²) in [4.78, 5) is 2.85. The first-order valence-corrected chi connectivity index (χ1v) is 6.80. The average molecular weight is 209 g/mol. The van der Waals surface area contributed by atoms with Gasteiger partial charge in [-0.15, -0.1) is 0 Å². The molecule has 0 amide bonds. The zero-order valence-electron chi connectivity index (χ0n) is 9.70. The molecular formula is C12H23N3+2. The Hall–Kier alpha value is -0.120. The van der Waals surface area contributed by atoms with Crippen LogP contribution in [0.4, 0.5) is 0 Å². The molecule has 0 N–H and O–H groups in total. The van der Waals surface area contributed by atoms with E-state index in [9.17, 15) is 0 Å². The van der Waals surface area contributed by atoms with Crippen LogP contribution >= 0.6 is 0 Å².